The lowest BCUT2D eigenvalue weighted by atomic mass is 10.0. The van der Waals surface area contributed by atoms with E-state index in [0.29, 0.717) is 5.92 Å². The van der Waals surface area contributed by atoms with Crippen LogP contribution in [-0.4, -0.2) is 20.1 Å². The zero-order chi connectivity index (χ0) is 12.3. The summed E-state index contributed by atoms with van der Waals surface area (Å²) in [5.41, 5.74) is 2.02. The van der Waals surface area contributed by atoms with Crippen molar-refractivity contribution in [3.63, 3.8) is 0 Å². The van der Waals surface area contributed by atoms with E-state index in [1.54, 1.807) is 26.0 Å². The number of benzene rings is 1. The van der Waals surface area contributed by atoms with Crippen molar-refractivity contribution in [3.05, 3.63) is 23.8 Å². The third-order valence-electron chi connectivity index (χ3n) is 2.70. The molecule has 0 aromatic heterocycles. The smallest absolute Gasteiger partial charge is 0.223 e. The van der Waals surface area contributed by atoms with Crippen molar-refractivity contribution in [1.29, 1.82) is 0 Å². The first kappa shape index (κ1) is 12.6. The van der Waals surface area contributed by atoms with Crippen LogP contribution in [0.1, 0.15) is 32.3 Å². The molecule has 0 saturated carbocycles. The van der Waals surface area contributed by atoms with E-state index in [1.165, 1.54) is 5.56 Å². The first-order valence-corrected chi connectivity index (χ1v) is 5.39. The highest BCUT2D eigenvalue weighted by Gasteiger charge is 2.13. The van der Waals surface area contributed by atoms with Crippen LogP contribution >= 0.6 is 0 Å². The third kappa shape index (κ3) is 2.54. The largest absolute Gasteiger partial charge is 0.495 e. The van der Waals surface area contributed by atoms with Gasteiger partial charge in [0.15, 0.2) is 0 Å². The number of amides is 1. The Kier molecular flexibility index (Phi) is 3.93. The molecule has 0 radical (unpaired) electrons. The van der Waals surface area contributed by atoms with E-state index < -0.39 is 0 Å². The van der Waals surface area contributed by atoms with Crippen LogP contribution in [0.3, 0.4) is 0 Å². The molecule has 0 fully saturated rings. The predicted octanol–water partition coefficient (Wildman–Crippen LogP) is 2.80. The van der Waals surface area contributed by atoms with Crippen molar-refractivity contribution in [3.8, 4) is 5.75 Å². The molecule has 0 aliphatic heterocycles. The summed E-state index contributed by atoms with van der Waals surface area (Å²) in [4.78, 5) is 13.0. The summed E-state index contributed by atoms with van der Waals surface area (Å²) in [5, 5.41) is 0. The lowest BCUT2D eigenvalue weighted by Gasteiger charge is -2.20. The molecule has 1 aromatic rings. The van der Waals surface area contributed by atoms with E-state index in [4.69, 9.17) is 4.74 Å². The molecular weight excluding hydrogens is 202 g/mol. The van der Waals surface area contributed by atoms with Crippen LogP contribution in [0.25, 0.3) is 0 Å². The number of nitrogens with zero attached hydrogens (tertiary/aromatic N) is 1. The summed E-state index contributed by atoms with van der Waals surface area (Å²) in [7, 11) is 3.37. The van der Waals surface area contributed by atoms with Crippen LogP contribution in [0.15, 0.2) is 18.2 Å². The molecule has 3 nitrogen and oxygen atoms in total. The average molecular weight is 221 g/mol. The molecule has 1 aromatic carbocycles. The molecular formula is C13H19NO2. The highest BCUT2D eigenvalue weighted by molar-refractivity contribution is 5.92. The van der Waals surface area contributed by atoms with Gasteiger partial charge in [-0.2, -0.15) is 0 Å². The number of carbonyl (C=O) groups is 1. The minimum Gasteiger partial charge on any atom is -0.495 e. The standard InChI is InChI=1S/C13H19NO2/c1-9(2)11-6-7-13(16-5)12(8-11)14(4)10(3)15/h6-9H,1-5H3. The van der Waals surface area contributed by atoms with E-state index in [1.807, 2.05) is 18.2 Å². The molecule has 1 amide bonds. The molecule has 0 N–H and O–H groups in total. The normalized spacial score (nSPS) is 10.4. The first-order valence-electron chi connectivity index (χ1n) is 5.39. The average Bonchev–Trinajstić information content (AvgIpc) is 2.26. The van der Waals surface area contributed by atoms with Gasteiger partial charge in [0, 0.05) is 14.0 Å². The van der Waals surface area contributed by atoms with E-state index in [0.717, 1.165) is 11.4 Å². The number of methoxy groups -OCH3 is 1. The highest BCUT2D eigenvalue weighted by Crippen LogP contribution is 2.31. The number of rotatable bonds is 3. The molecule has 0 aliphatic rings. The van der Waals surface area contributed by atoms with Gasteiger partial charge in [-0.05, 0) is 23.6 Å². The number of carbonyl (C=O) groups excluding carboxylic acids is 1. The SMILES string of the molecule is COc1ccc(C(C)C)cc1N(C)C(C)=O. The van der Waals surface area contributed by atoms with Crippen molar-refractivity contribution < 1.29 is 9.53 Å². The molecule has 0 unspecified atom stereocenters. The molecule has 0 heterocycles. The zero-order valence-electron chi connectivity index (χ0n) is 10.6. The van der Waals surface area contributed by atoms with Crippen molar-refractivity contribution in [2.45, 2.75) is 26.7 Å². The Morgan fingerprint density at radius 3 is 2.44 bits per heavy atom. The van der Waals surface area contributed by atoms with Crippen LogP contribution in [-0.2, 0) is 4.79 Å². The molecule has 3 heteroatoms. The van der Waals surface area contributed by atoms with Crippen molar-refractivity contribution >= 4 is 11.6 Å². The fourth-order valence-corrected chi connectivity index (χ4v) is 1.50. The third-order valence-corrected chi connectivity index (χ3v) is 2.70. The first-order chi connectivity index (χ1) is 7.47. The minimum atomic E-state index is -0.000735. The van der Waals surface area contributed by atoms with Gasteiger partial charge in [0.05, 0.1) is 12.8 Å². The Labute approximate surface area is 97.0 Å². The van der Waals surface area contributed by atoms with Gasteiger partial charge in [-0.15, -0.1) is 0 Å². The van der Waals surface area contributed by atoms with Crippen LogP contribution in [0, 0.1) is 0 Å². The van der Waals surface area contributed by atoms with Gasteiger partial charge >= 0.3 is 0 Å². The second-order valence-electron chi connectivity index (χ2n) is 4.16. The molecule has 0 saturated heterocycles. The molecule has 16 heavy (non-hydrogen) atoms. The van der Waals surface area contributed by atoms with Gasteiger partial charge in [0.2, 0.25) is 5.91 Å². The Balaban J connectivity index is 3.21. The molecule has 0 atom stereocenters. The van der Waals surface area contributed by atoms with Gasteiger partial charge in [-0.3, -0.25) is 4.79 Å². The molecule has 0 spiro atoms. The molecule has 1 rings (SSSR count). The lowest BCUT2D eigenvalue weighted by molar-refractivity contribution is -0.116. The highest BCUT2D eigenvalue weighted by atomic mass is 16.5. The Hall–Kier alpha value is -1.51. The zero-order valence-corrected chi connectivity index (χ0v) is 10.6. The fraction of sp³-hybridized carbons (Fsp3) is 0.462. The van der Waals surface area contributed by atoms with Crippen LogP contribution in [0.4, 0.5) is 5.69 Å². The van der Waals surface area contributed by atoms with Gasteiger partial charge in [-0.1, -0.05) is 19.9 Å². The number of ether oxygens (including phenoxy) is 1. The molecule has 0 bridgehead atoms. The maximum Gasteiger partial charge on any atom is 0.223 e. The summed E-state index contributed by atoms with van der Waals surface area (Å²) < 4.78 is 5.26. The number of hydrogen-bond acceptors (Lipinski definition) is 2. The summed E-state index contributed by atoms with van der Waals surface area (Å²) in [6.45, 7) is 5.79. The van der Waals surface area contributed by atoms with Gasteiger partial charge < -0.3 is 9.64 Å². The van der Waals surface area contributed by atoms with Crippen LogP contribution in [0.2, 0.25) is 0 Å². The van der Waals surface area contributed by atoms with Crippen molar-refractivity contribution in [2.75, 3.05) is 19.1 Å². The maximum atomic E-state index is 11.4. The second-order valence-corrected chi connectivity index (χ2v) is 4.16. The quantitative estimate of drug-likeness (QED) is 0.785. The molecule has 88 valence electrons. The van der Waals surface area contributed by atoms with E-state index in [-0.39, 0.29) is 5.91 Å². The Morgan fingerprint density at radius 1 is 1.38 bits per heavy atom. The van der Waals surface area contributed by atoms with Crippen LogP contribution in [0.5, 0.6) is 5.75 Å². The van der Waals surface area contributed by atoms with E-state index >= 15 is 0 Å². The lowest BCUT2D eigenvalue weighted by Crippen LogP contribution is -2.23. The topological polar surface area (TPSA) is 29.5 Å². The monoisotopic (exact) mass is 221 g/mol. The van der Waals surface area contributed by atoms with Crippen molar-refractivity contribution in [1.82, 2.24) is 0 Å². The Morgan fingerprint density at radius 2 is 2.00 bits per heavy atom. The summed E-state index contributed by atoms with van der Waals surface area (Å²) in [5.74, 6) is 1.16. The minimum absolute atomic E-state index is 0.000735. The number of hydrogen-bond donors (Lipinski definition) is 0. The summed E-state index contributed by atoms with van der Waals surface area (Å²) in [6, 6.07) is 5.94. The summed E-state index contributed by atoms with van der Waals surface area (Å²) in [6.07, 6.45) is 0. The maximum absolute atomic E-state index is 11.4. The van der Waals surface area contributed by atoms with E-state index in [2.05, 4.69) is 13.8 Å². The van der Waals surface area contributed by atoms with Crippen molar-refractivity contribution in [2.24, 2.45) is 0 Å². The van der Waals surface area contributed by atoms with Crippen LogP contribution < -0.4 is 9.64 Å². The fourth-order valence-electron chi connectivity index (χ4n) is 1.50. The van der Waals surface area contributed by atoms with Gasteiger partial charge in [-0.25, -0.2) is 0 Å². The predicted molar refractivity (Wildman–Crippen MR) is 66.2 cm³/mol. The van der Waals surface area contributed by atoms with E-state index in [9.17, 15) is 4.79 Å². The Bertz CT molecular complexity index is 386. The second kappa shape index (κ2) is 5.01. The number of anilines is 1. The van der Waals surface area contributed by atoms with Gasteiger partial charge in [0.25, 0.3) is 0 Å². The molecule has 0 aliphatic carbocycles. The van der Waals surface area contributed by atoms with Gasteiger partial charge in [0.1, 0.15) is 5.75 Å². The summed E-state index contributed by atoms with van der Waals surface area (Å²) >= 11 is 0.